The molecule has 8 heteroatoms. The molecule has 1 aliphatic heterocycles. The number of rotatable bonds is 8. The Bertz CT molecular complexity index is 663. The fraction of sp³-hybridized carbons (Fsp3) is 0.688. The topological polar surface area (TPSA) is 82.8 Å². The first kappa shape index (κ1) is 19.0. The Balaban J connectivity index is 2.25. The summed E-state index contributed by atoms with van der Waals surface area (Å²) < 4.78 is 28.3. The zero-order valence-corrected chi connectivity index (χ0v) is 15.3. The zero-order valence-electron chi connectivity index (χ0n) is 14.4. The molecule has 1 saturated heterocycles. The maximum Gasteiger partial charge on any atom is 0.270 e. The van der Waals surface area contributed by atoms with Crippen LogP contribution in [0.4, 0.5) is 0 Å². The predicted molar refractivity (Wildman–Crippen MR) is 91.3 cm³/mol. The standard InChI is InChI=1S/C16H27N3O4S/c1-3-4-7-18(10-11-20)16(21)15-12-14(13-17(15)2)24(22,23)19-8-5-6-9-19/h12-13,20H,3-11H2,1-2H3. The lowest BCUT2D eigenvalue weighted by molar-refractivity contribution is 0.0710. The van der Waals surface area contributed by atoms with Crippen molar-refractivity contribution < 1.29 is 18.3 Å². The Morgan fingerprint density at radius 2 is 1.96 bits per heavy atom. The van der Waals surface area contributed by atoms with E-state index in [-0.39, 0.29) is 24.0 Å². The van der Waals surface area contributed by atoms with Crippen molar-refractivity contribution in [2.45, 2.75) is 37.5 Å². The molecule has 0 unspecified atom stereocenters. The third-order valence-electron chi connectivity index (χ3n) is 4.34. The van der Waals surface area contributed by atoms with E-state index < -0.39 is 10.0 Å². The van der Waals surface area contributed by atoms with E-state index in [2.05, 4.69) is 0 Å². The van der Waals surface area contributed by atoms with Gasteiger partial charge in [0.1, 0.15) is 10.6 Å². The summed E-state index contributed by atoms with van der Waals surface area (Å²) in [5.74, 6) is -0.247. The van der Waals surface area contributed by atoms with Gasteiger partial charge in [-0.1, -0.05) is 13.3 Å². The SMILES string of the molecule is CCCCN(CCO)C(=O)c1cc(S(=O)(=O)N2CCCC2)cn1C. The second-order valence-electron chi connectivity index (χ2n) is 6.15. The Hall–Kier alpha value is -1.38. The summed E-state index contributed by atoms with van der Waals surface area (Å²) in [7, 11) is -1.86. The molecule has 1 fully saturated rings. The van der Waals surface area contributed by atoms with Crippen molar-refractivity contribution >= 4 is 15.9 Å². The third kappa shape index (κ3) is 3.99. The molecule has 24 heavy (non-hydrogen) atoms. The Kier molecular flexibility index (Phi) is 6.42. The second kappa shape index (κ2) is 8.13. The molecule has 0 radical (unpaired) electrons. The quantitative estimate of drug-likeness (QED) is 0.754. The first-order valence-corrected chi connectivity index (χ1v) is 9.92. The first-order valence-electron chi connectivity index (χ1n) is 8.48. The van der Waals surface area contributed by atoms with Crippen LogP contribution in [-0.2, 0) is 17.1 Å². The van der Waals surface area contributed by atoms with Gasteiger partial charge in [0.2, 0.25) is 10.0 Å². The molecular weight excluding hydrogens is 330 g/mol. The van der Waals surface area contributed by atoms with Crippen molar-refractivity contribution in [2.75, 3.05) is 32.8 Å². The number of carbonyl (C=O) groups is 1. The fourth-order valence-corrected chi connectivity index (χ4v) is 4.50. The van der Waals surface area contributed by atoms with E-state index in [0.29, 0.717) is 25.3 Å². The van der Waals surface area contributed by atoms with Crippen LogP contribution >= 0.6 is 0 Å². The van der Waals surface area contributed by atoms with E-state index in [1.807, 2.05) is 6.92 Å². The van der Waals surface area contributed by atoms with Gasteiger partial charge in [0.15, 0.2) is 0 Å². The number of unbranched alkanes of at least 4 members (excludes halogenated alkanes) is 1. The van der Waals surface area contributed by atoms with E-state index in [9.17, 15) is 18.3 Å². The van der Waals surface area contributed by atoms with Crippen LogP contribution < -0.4 is 0 Å². The summed E-state index contributed by atoms with van der Waals surface area (Å²) >= 11 is 0. The van der Waals surface area contributed by atoms with Crippen LogP contribution in [0.5, 0.6) is 0 Å². The Morgan fingerprint density at radius 1 is 1.29 bits per heavy atom. The first-order chi connectivity index (χ1) is 11.4. The third-order valence-corrected chi connectivity index (χ3v) is 6.20. The molecule has 2 rings (SSSR count). The number of nitrogens with zero attached hydrogens (tertiary/aromatic N) is 3. The number of carbonyl (C=O) groups excluding carboxylic acids is 1. The van der Waals surface area contributed by atoms with Crippen molar-refractivity contribution in [3.63, 3.8) is 0 Å². The van der Waals surface area contributed by atoms with Crippen molar-refractivity contribution in [3.05, 3.63) is 18.0 Å². The van der Waals surface area contributed by atoms with E-state index >= 15 is 0 Å². The molecule has 0 aromatic carbocycles. The van der Waals surface area contributed by atoms with Crippen molar-refractivity contribution in [1.29, 1.82) is 0 Å². The number of aliphatic hydroxyl groups excluding tert-OH is 1. The Labute approximate surface area is 143 Å². The van der Waals surface area contributed by atoms with Crippen LogP contribution in [0.2, 0.25) is 0 Å². The maximum absolute atomic E-state index is 12.7. The second-order valence-corrected chi connectivity index (χ2v) is 8.09. The van der Waals surface area contributed by atoms with Gasteiger partial charge in [-0.15, -0.1) is 0 Å². The largest absolute Gasteiger partial charge is 0.395 e. The average Bonchev–Trinajstić information content (AvgIpc) is 3.20. The minimum atomic E-state index is -3.54. The van der Waals surface area contributed by atoms with Crippen molar-refractivity contribution in [3.8, 4) is 0 Å². The van der Waals surface area contributed by atoms with E-state index in [1.165, 1.54) is 16.6 Å². The highest BCUT2D eigenvalue weighted by Gasteiger charge is 2.30. The van der Waals surface area contributed by atoms with E-state index in [1.54, 1.807) is 16.5 Å². The smallest absolute Gasteiger partial charge is 0.270 e. The Morgan fingerprint density at radius 3 is 2.54 bits per heavy atom. The van der Waals surface area contributed by atoms with Gasteiger partial charge < -0.3 is 14.6 Å². The summed E-state index contributed by atoms with van der Waals surface area (Å²) in [6.45, 7) is 3.79. The molecule has 7 nitrogen and oxygen atoms in total. The summed E-state index contributed by atoms with van der Waals surface area (Å²) in [6, 6.07) is 1.45. The summed E-state index contributed by atoms with van der Waals surface area (Å²) in [4.78, 5) is 14.4. The number of amides is 1. The van der Waals surface area contributed by atoms with Crippen molar-refractivity contribution in [1.82, 2.24) is 13.8 Å². The van der Waals surface area contributed by atoms with Gasteiger partial charge in [-0.25, -0.2) is 8.42 Å². The predicted octanol–water partition coefficient (Wildman–Crippen LogP) is 1.04. The molecular formula is C16H27N3O4S. The summed E-state index contributed by atoms with van der Waals surface area (Å²) in [5.41, 5.74) is 0.331. The molecule has 0 saturated carbocycles. The maximum atomic E-state index is 12.7. The average molecular weight is 357 g/mol. The molecule has 0 aliphatic carbocycles. The van der Waals surface area contributed by atoms with Crippen molar-refractivity contribution in [2.24, 2.45) is 7.05 Å². The molecule has 0 bridgehead atoms. The van der Waals surface area contributed by atoms with Gasteiger partial charge in [-0.05, 0) is 25.3 Å². The lowest BCUT2D eigenvalue weighted by Crippen LogP contribution is -2.35. The van der Waals surface area contributed by atoms with Gasteiger partial charge in [0.25, 0.3) is 5.91 Å². The van der Waals surface area contributed by atoms with Gasteiger partial charge in [-0.2, -0.15) is 4.31 Å². The molecule has 136 valence electrons. The minimum Gasteiger partial charge on any atom is -0.395 e. The number of hydrogen-bond acceptors (Lipinski definition) is 4. The van der Waals surface area contributed by atoms with Gasteiger partial charge >= 0.3 is 0 Å². The number of sulfonamides is 1. The highest BCUT2D eigenvalue weighted by molar-refractivity contribution is 7.89. The van der Waals surface area contributed by atoms with Crippen LogP contribution in [-0.4, -0.2) is 66.0 Å². The summed E-state index contributed by atoms with van der Waals surface area (Å²) in [6.07, 6.45) is 5.03. The normalized spacial score (nSPS) is 15.8. The minimum absolute atomic E-state index is 0.112. The molecule has 1 amide bonds. The number of hydrogen-bond donors (Lipinski definition) is 1. The highest BCUT2D eigenvalue weighted by atomic mass is 32.2. The molecule has 0 atom stereocenters. The molecule has 1 aliphatic rings. The monoisotopic (exact) mass is 357 g/mol. The summed E-state index contributed by atoms with van der Waals surface area (Å²) in [5, 5.41) is 9.18. The number of aryl methyl sites for hydroxylation is 1. The van der Waals surface area contributed by atoms with Crippen LogP contribution in [0.25, 0.3) is 0 Å². The molecule has 0 spiro atoms. The molecule has 1 N–H and O–H groups in total. The number of aliphatic hydroxyl groups is 1. The lowest BCUT2D eigenvalue weighted by Gasteiger charge is -2.21. The molecule has 1 aromatic rings. The van der Waals surface area contributed by atoms with Crippen LogP contribution in [0.1, 0.15) is 43.1 Å². The van der Waals surface area contributed by atoms with Gasteiger partial charge in [0.05, 0.1) is 6.61 Å². The lowest BCUT2D eigenvalue weighted by atomic mass is 10.3. The van der Waals surface area contributed by atoms with Crippen LogP contribution in [0.15, 0.2) is 17.2 Å². The van der Waals surface area contributed by atoms with E-state index in [4.69, 9.17) is 0 Å². The fourth-order valence-electron chi connectivity index (χ4n) is 2.91. The zero-order chi connectivity index (χ0) is 17.7. The highest BCUT2D eigenvalue weighted by Crippen LogP contribution is 2.23. The van der Waals surface area contributed by atoms with Gasteiger partial charge in [-0.3, -0.25) is 4.79 Å². The van der Waals surface area contributed by atoms with Gasteiger partial charge in [0, 0.05) is 39.4 Å². The van der Waals surface area contributed by atoms with E-state index in [0.717, 1.165) is 25.7 Å². The number of aromatic nitrogens is 1. The molecule has 2 heterocycles. The van der Waals surface area contributed by atoms with Crippen LogP contribution in [0, 0.1) is 0 Å². The van der Waals surface area contributed by atoms with Crippen LogP contribution in [0.3, 0.4) is 0 Å². The molecule has 1 aromatic heterocycles.